The van der Waals surface area contributed by atoms with Gasteiger partial charge in [0, 0.05) is 11.5 Å². The molecule has 2 unspecified atom stereocenters. The lowest BCUT2D eigenvalue weighted by molar-refractivity contribution is 0.304. The average molecular weight is 233 g/mol. The van der Waals surface area contributed by atoms with Crippen LogP contribution in [0.25, 0.3) is 0 Å². The highest BCUT2D eigenvalue weighted by Gasteiger charge is 2.54. The monoisotopic (exact) mass is 233 g/mol. The third-order valence-corrected chi connectivity index (χ3v) is 4.59. The SMILES string of the molecule is CC(N)CC1CCc2cccc(F)c2C12CC2. The Bertz CT molecular complexity index is 435. The minimum absolute atomic E-state index is 0.00868. The molecule has 1 spiro atoms. The fraction of sp³-hybridized carbons (Fsp3) is 0.600. The fourth-order valence-corrected chi connectivity index (χ4v) is 3.73. The largest absolute Gasteiger partial charge is 0.328 e. The predicted octanol–water partition coefficient (Wildman–Crippen LogP) is 3.16. The van der Waals surface area contributed by atoms with E-state index in [1.165, 1.54) is 12.0 Å². The van der Waals surface area contributed by atoms with E-state index in [0.717, 1.165) is 31.2 Å². The highest BCUT2D eigenvalue weighted by Crippen LogP contribution is 2.60. The molecule has 2 heteroatoms. The first-order chi connectivity index (χ1) is 8.13. The molecule has 1 aromatic rings. The Kier molecular flexibility index (Phi) is 2.51. The van der Waals surface area contributed by atoms with Gasteiger partial charge in [0.15, 0.2) is 0 Å². The van der Waals surface area contributed by atoms with Crippen LogP contribution in [0.15, 0.2) is 18.2 Å². The molecule has 0 aliphatic heterocycles. The van der Waals surface area contributed by atoms with Crippen LogP contribution in [0.5, 0.6) is 0 Å². The first kappa shape index (κ1) is 11.2. The van der Waals surface area contributed by atoms with Gasteiger partial charge in [-0.1, -0.05) is 12.1 Å². The fourth-order valence-electron chi connectivity index (χ4n) is 3.73. The summed E-state index contributed by atoms with van der Waals surface area (Å²) in [6.07, 6.45) is 5.54. The molecule has 0 saturated heterocycles. The molecule has 92 valence electrons. The molecule has 1 nitrogen and oxygen atoms in total. The van der Waals surface area contributed by atoms with Crippen molar-refractivity contribution in [1.82, 2.24) is 0 Å². The van der Waals surface area contributed by atoms with Crippen molar-refractivity contribution < 1.29 is 4.39 Å². The van der Waals surface area contributed by atoms with E-state index in [9.17, 15) is 4.39 Å². The molecular weight excluding hydrogens is 213 g/mol. The highest BCUT2D eigenvalue weighted by atomic mass is 19.1. The van der Waals surface area contributed by atoms with Crippen LogP contribution in [0.1, 0.15) is 43.7 Å². The third kappa shape index (κ3) is 1.70. The molecule has 0 bridgehead atoms. The molecule has 2 aliphatic carbocycles. The summed E-state index contributed by atoms with van der Waals surface area (Å²) >= 11 is 0. The van der Waals surface area contributed by atoms with Crippen molar-refractivity contribution in [2.75, 3.05) is 0 Å². The van der Waals surface area contributed by atoms with E-state index in [-0.39, 0.29) is 17.3 Å². The molecular formula is C15H20FN. The van der Waals surface area contributed by atoms with E-state index < -0.39 is 0 Å². The maximum atomic E-state index is 14.1. The van der Waals surface area contributed by atoms with Crippen molar-refractivity contribution in [3.8, 4) is 0 Å². The normalized spacial score (nSPS) is 26.6. The lowest BCUT2D eigenvalue weighted by Gasteiger charge is -2.35. The van der Waals surface area contributed by atoms with Gasteiger partial charge in [0.2, 0.25) is 0 Å². The van der Waals surface area contributed by atoms with Gasteiger partial charge in [-0.2, -0.15) is 0 Å². The van der Waals surface area contributed by atoms with Gasteiger partial charge in [-0.05, 0) is 62.1 Å². The summed E-state index contributed by atoms with van der Waals surface area (Å²) in [6.45, 7) is 2.06. The molecule has 0 heterocycles. The number of halogens is 1. The molecule has 1 saturated carbocycles. The van der Waals surface area contributed by atoms with Crippen molar-refractivity contribution in [1.29, 1.82) is 0 Å². The Hall–Kier alpha value is -0.890. The zero-order chi connectivity index (χ0) is 12.0. The minimum Gasteiger partial charge on any atom is -0.328 e. The van der Waals surface area contributed by atoms with Crippen LogP contribution in [-0.4, -0.2) is 6.04 Å². The first-order valence-electron chi connectivity index (χ1n) is 6.67. The molecule has 0 aromatic heterocycles. The summed E-state index contributed by atoms with van der Waals surface area (Å²) in [5.74, 6) is 0.598. The number of hydrogen-bond acceptors (Lipinski definition) is 1. The number of fused-ring (bicyclic) bond motifs is 2. The molecule has 17 heavy (non-hydrogen) atoms. The number of aryl methyl sites for hydroxylation is 1. The quantitative estimate of drug-likeness (QED) is 0.834. The van der Waals surface area contributed by atoms with Gasteiger partial charge in [-0.15, -0.1) is 0 Å². The van der Waals surface area contributed by atoms with Gasteiger partial charge in [0.25, 0.3) is 0 Å². The second-order valence-electron chi connectivity index (χ2n) is 5.88. The summed E-state index contributed by atoms with van der Waals surface area (Å²) in [6, 6.07) is 5.79. The first-order valence-corrected chi connectivity index (χ1v) is 6.67. The second kappa shape index (κ2) is 3.81. The molecule has 1 fully saturated rings. The number of benzene rings is 1. The highest BCUT2D eigenvalue weighted by molar-refractivity contribution is 5.43. The summed E-state index contributed by atoms with van der Waals surface area (Å²) in [4.78, 5) is 0. The Morgan fingerprint density at radius 1 is 1.47 bits per heavy atom. The van der Waals surface area contributed by atoms with Gasteiger partial charge in [0.05, 0.1) is 0 Å². The second-order valence-corrected chi connectivity index (χ2v) is 5.88. The van der Waals surface area contributed by atoms with E-state index in [2.05, 4.69) is 13.0 Å². The molecule has 0 radical (unpaired) electrons. The molecule has 2 atom stereocenters. The lowest BCUT2D eigenvalue weighted by atomic mass is 9.70. The van der Waals surface area contributed by atoms with E-state index in [4.69, 9.17) is 5.73 Å². The van der Waals surface area contributed by atoms with Crippen LogP contribution < -0.4 is 5.73 Å². The van der Waals surface area contributed by atoms with E-state index in [1.807, 2.05) is 6.07 Å². The van der Waals surface area contributed by atoms with Crippen LogP contribution >= 0.6 is 0 Å². The number of rotatable bonds is 2. The van der Waals surface area contributed by atoms with Crippen molar-refractivity contribution in [2.24, 2.45) is 11.7 Å². The van der Waals surface area contributed by atoms with E-state index in [1.54, 1.807) is 6.07 Å². The van der Waals surface area contributed by atoms with Gasteiger partial charge < -0.3 is 5.73 Å². The predicted molar refractivity (Wildman–Crippen MR) is 67.4 cm³/mol. The molecule has 1 aromatic carbocycles. The van der Waals surface area contributed by atoms with Gasteiger partial charge in [0.1, 0.15) is 5.82 Å². The third-order valence-electron chi connectivity index (χ3n) is 4.59. The Morgan fingerprint density at radius 2 is 2.24 bits per heavy atom. The van der Waals surface area contributed by atoms with E-state index in [0.29, 0.717) is 5.92 Å². The van der Waals surface area contributed by atoms with Crippen LogP contribution in [0.2, 0.25) is 0 Å². The van der Waals surface area contributed by atoms with Crippen molar-refractivity contribution in [3.63, 3.8) is 0 Å². The van der Waals surface area contributed by atoms with Crippen LogP contribution in [0, 0.1) is 11.7 Å². The molecule has 3 rings (SSSR count). The lowest BCUT2D eigenvalue weighted by Crippen LogP contribution is -2.33. The summed E-state index contributed by atoms with van der Waals surface area (Å²) < 4.78 is 14.1. The average Bonchev–Trinajstić information content (AvgIpc) is 3.03. The summed E-state index contributed by atoms with van der Waals surface area (Å²) in [5, 5.41) is 0. The molecule has 2 aliphatic rings. The molecule has 0 amide bonds. The maximum absolute atomic E-state index is 14.1. The molecule has 2 N–H and O–H groups in total. The van der Waals surface area contributed by atoms with E-state index >= 15 is 0 Å². The van der Waals surface area contributed by atoms with Crippen LogP contribution in [0.4, 0.5) is 4.39 Å². The van der Waals surface area contributed by atoms with Crippen molar-refractivity contribution in [3.05, 3.63) is 35.1 Å². The maximum Gasteiger partial charge on any atom is 0.127 e. The number of hydrogen-bond donors (Lipinski definition) is 1. The van der Waals surface area contributed by atoms with Gasteiger partial charge in [-0.3, -0.25) is 0 Å². The minimum atomic E-state index is 0.00868. The smallest absolute Gasteiger partial charge is 0.127 e. The van der Waals surface area contributed by atoms with Crippen molar-refractivity contribution >= 4 is 0 Å². The standard InChI is InChI=1S/C15H20FN/c1-10(17)9-12-6-5-11-3-2-4-13(16)14(11)15(12)7-8-15/h2-4,10,12H,5-9,17H2,1H3. The van der Waals surface area contributed by atoms with Gasteiger partial charge >= 0.3 is 0 Å². The number of nitrogens with two attached hydrogens (primary N) is 1. The Labute approximate surface area is 102 Å². The zero-order valence-electron chi connectivity index (χ0n) is 10.4. The van der Waals surface area contributed by atoms with Crippen LogP contribution in [-0.2, 0) is 11.8 Å². The topological polar surface area (TPSA) is 26.0 Å². The Balaban J connectivity index is 2.00. The summed E-state index contributed by atoms with van der Waals surface area (Å²) in [7, 11) is 0. The van der Waals surface area contributed by atoms with Crippen molar-refractivity contribution in [2.45, 2.75) is 50.5 Å². The summed E-state index contributed by atoms with van der Waals surface area (Å²) in [5.41, 5.74) is 8.35. The van der Waals surface area contributed by atoms with Crippen LogP contribution in [0.3, 0.4) is 0 Å². The Morgan fingerprint density at radius 3 is 2.88 bits per heavy atom. The van der Waals surface area contributed by atoms with Gasteiger partial charge in [-0.25, -0.2) is 4.39 Å². The zero-order valence-corrected chi connectivity index (χ0v) is 10.4.